The Morgan fingerprint density at radius 3 is 2.58 bits per heavy atom. The molecule has 4 aromatic rings. The standard InChI is InChI=1S/C23H23N5O5/c1-30-17-8-9-18(19(14-17)31-2)23-26-25-20-10-11-22(27-28(20)23)32-13-12-24-21(29)15-33-16-6-4-3-5-7-16/h3-11,14H,12-13,15H2,1-2H3,(H,24,29). The van der Waals surface area contributed by atoms with E-state index in [1.54, 1.807) is 49.1 Å². The van der Waals surface area contributed by atoms with Gasteiger partial charge in [-0.2, -0.15) is 4.52 Å². The van der Waals surface area contributed by atoms with Crippen LogP contribution in [0.3, 0.4) is 0 Å². The number of carbonyl (C=O) groups excluding carboxylic acids is 1. The van der Waals surface area contributed by atoms with Crippen molar-refractivity contribution < 1.29 is 23.7 Å². The molecule has 0 unspecified atom stereocenters. The summed E-state index contributed by atoms with van der Waals surface area (Å²) in [5, 5.41) is 15.6. The van der Waals surface area contributed by atoms with Gasteiger partial charge in [0.05, 0.1) is 26.3 Å². The van der Waals surface area contributed by atoms with Crippen LogP contribution in [0.2, 0.25) is 0 Å². The molecule has 4 rings (SSSR count). The lowest BCUT2D eigenvalue weighted by Crippen LogP contribution is -2.32. The number of nitrogens with one attached hydrogen (secondary N) is 1. The number of nitrogens with zero attached hydrogens (tertiary/aromatic N) is 4. The largest absolute Gasteiger partial charge is 0.497 e. The van der Waals surface area contributed by atoms with Crippen molar-refractivity contribution in [3.63, 3.8) is 0 Å². The molecule has 0 saturated heterocycles. The maximum absolute atomic E-state index is 11.9. The van der Waals surface area contributed by atoms with Crippen molar-refractivity contribution in [2.75, 3.05) is 34.0 Å². The molecule has 0 aliphatic heterocycles. The van der Waals surface area contributed by atoms with Crippen molar-refractivity contribution in [2.45, 2.75) is 0 Å². The zero-order chi connectivity index (χ0) is 23.0. The molecule has 170 valence electrons. The Labute approximate surface area is 190 Å². The summed E-state index contributed by atoms with van der Waals surface area (Å²) in [5.74, 6) is 2.51. The van der Waals surface area contributed by atoms with Crippen molar-refractivity contribution in [3.8, 4) is 34.5 Å². The quantitative estimate of drug-likeness (QED) is 0.368. The van der Waals surface area contributed by atoms with Crippen LogP contribution in [0.25, 0.3) is 17.0 Å². The number of ether oxygens (including phenoxy) is 4. The minimum absolute atomic E-state index is 0.0675. The third-order valence-electron chi connectivity index (χ3n) is 4.68. The molecule has 2 aromatic carbocycles. The van der Waals surface area contributed by atoms with Crippen LogP contribution in [0.4, 0.5) is 0 Å². The molecule has 10 heteroatoms. The van der Waals surface area contributed by atoms with Gasteiger partial charge in [-0.05, 0) is 30.3 Å². The first-order valence-corrected chi connectivity index (χ1v) is 10.2. The average molecular weight is 449 g/mol. The second kappa shape index (κ2) is 10.3. The molecule has 33 heavy (non-hydrogen) atoms. The first kappa shape index (κ1) is 21.9. The maximum atomic E-state index is 11.9. The third-order valence-corrected chi connectivity index (χ3v) is 4.68. The lowest BCUT2D eigenvalue weighted by atomic mass is 10.2. The highest BCUT2D eigenvalue weighted by Gasteiger charge is 2.16. The molecule has 1 N–H and O–H groups in total. The number of hydrogen-bond acceptors (Lipinski definition) is 8. The molecule has 10 nitrogen and oxygen atoms in total. The minimum Gasteiger partial charge on any atom is -0.497 e. The van der Waals surface area contributed by atoms with Crippen LogP contribution in [-0.4, -0.2) is 59.7 Å². The lowest BCUT2D eigenvalue weighted by molar-refractivity contribution is -0.123. The zero-order valence-corrected chi connectivity index (χ0v) is 18.2. The van der Waals surface area contributed by atoms with Crippen LogP contribution in [0, 0.1) is 0 Å². The average Bonchev–Trinajstić information content (AvgIpc) is 3.28. The van der Waals surface area contributed by atoms with E-state index in [9.17, 15) is 4.79 Å². The van der Waals surface area contributed by atoms with Crippen LogP contribution in [0.15, 0.2) is 60.7 Å². The van der Waals surface area contributed by atoms with Crippen LogP contribution in [0.5, 0.6) is 23.1 Å². The first-order chi connectivity index (χ1) is 16.2. The Hall–Kier alpha value is -4.34. The van der Waals surface area contributed by atoms with Crippen molar-refractivity contribution in [1.29, 1.82) is 0 Å². The molecule has 0 saturated carbocycles. The van der Waals surface area contributed by atoms with Gasteiger partial charge in [-0.15, -0.1) is 15.3 Å². The molecule has 2 aromatic heterocycles. The Morgan fingerprint density at radius 2 is 1.79 bits per heavy atom. The van der Waals surface area contributed by atoms with Crippen molar-refractivity contribution in [2.24, 2.45) is 0 Å². The normalized spacial score (nSPS) is 10.6. The van der Waals surface area contributed by atoms with Crippen molar-refractivity contribution in [3.05, 3.63) is 60.7 Å². The smallest absolute Gasteiger partial charge is 0.258 e. The second-order valence-corrected chi connectivity index (χ2v) is 6.83. The summed E-state index contributed by atoms with van der Waals surface area (Å²) in [4.78, 5) is 11.9. The monoisotopic (exact) mass is 449 g/mol. The molecular weight excluding hydrogens is 426 g/mol. The predicted octanol–water partition coefficient (Wildman–Crippen LogP) is 2.38. The van der Waals surface area contributed by atoms with Crippen LogP contribution in [0.1, 0.15) is 0 Å². The third kappa shape index (κ3) is 5.29. The summed E-state index contributed by atoms with van der Waals surface area (Å²) in [6, 6.07) is 18.0. The van der Waals surface area contributed by atoms with Gasteiger partial charge in [0.25, 0.3) is 5.91 Å². The van der Waals surface area contributed by atoms with Gasteiger partial charge in [0.1, 0.15) is 23.9 Å². The number of carbonyl (C=O) groups is 1. The molecule has 0 spiro atoms. The lowest BCUT2D eigenvalue weighted by Gasteiger charge is -2.10. The molecule has 0 fully saturated rings. The van der Waals surface area contributed by atoms with Gasteiger partial charge in [-0.1, -0.05) is 18.2 Å². The number of aromatic nitrogens is 4. The van der Waals surface area contributed by atoms with Gasteiger partial charge in [0, 0.05) is 12.1 Å². The predicted molar refractivity (Wildman–Crippen MR) is 120 cm³/mol. The molecular formula is C23H23N5O5. The van der Waals surface area contributed by atoms with E-state index in [1.165, 1.54) is 0 Å². The fourth-order valence-electron chi connectivity index (χ4n) is 3.06. The Kier molecular flexibility index (Phi) is 6.84. The molecule has 0 radical (unpaired) electrons. The maximum Gasteiger partial charge on any atom is 0.258 e. The van der Waals surface area contributed by atoms with Gasteiger partial charge >= 0.3 is 0 Å². The van der Waals surface area contributed by atoms with Crippen LogP contribution in [-0.2, 0) is 4.79 Å². The first-order valence-electron chi connectivity index (χ1n) is 10.2. The van der Waals surface area contributed by atoms with Crippen LogP contribution >= 0.6 is 0 Å². The van der Waals surface area contributed by atoms with Gasteiger partial charge in [0.2, 0.25) is 5.88 Å². The minimum atomic E-state index is -0.237. The summed E-state index contributed by atoms with van der Waals surface area (Å²) in [6.45, 7) is 0.471. The Bertz CT molecular complexity index is 1230. The SMILES string of the molecule is COc1ccc(-c2nnc3ccc(OCCNC(=O)COc4ccccc4)nn23)c(OC)c1. The number of para-hydroxylation sites is 1. The highest BCUT2D eigenvalue weighted by Crippen LogP contribution is 2.32. The van der Waals surface area contributed by atoms with E-state index in [4.69, 9.17) is 18.9 Å². The summed E-state index contributed by atoms with van der Waals surface area (Å²) in [5.41, 5.74) is 1.27. The number of fused-ring (bicyclic) bond motifs is 1. The van der Waals surface area contributed by atoms with Gasteiger partial charge < -0.3 is 24.3 Å². The zero-order valence-electron chi connectivity index (χ0n) is 18.2. The number of benzene rings is 2. The van der Waals surface area contributed by atoms with Crippen molar-refractivity contribution >= 4 is 11.6 Å². The van der Waals surface area contributed by atoms with Gasteiger partial charge in [-0.25, -0.2) is 0 Å². The molecule has 2 heterocycles. The fraction of sp³-hybridized carbons (Fsp3) is 0.217. The number of rotatable bonds is 10. The molecule has 0 aliphatic carbocycles. The highest BCUT2D eigenvalue weighted by molar-refractivity contribution is 5.77. The number of amides is 1. The summed E-state index contributed by atoms with van der Waals surface area (Å²) in [7, 11) is 3.16. The van der Waals surface area contributed by atoms with E-state index < -0.39 is 0 Å². The van der Waals surface area contributed by atoms with E-state index in [0.717, 1.165) is 0 Å². The van der Waals surface area contributed by atoms with E-state index in [2.05, 4.69) is 20.6 Å². The molecule has 0 atom stereocenters. The van der Waals surface area contributed by atoms with Gasteiger partial charge in [0.15, 0.2) is 18.1 Å². The number of methoxy groups -OCH3 is 2. The molecule has 1 amide bonds. The Balaban J connectivity index is 1.36. The number of hydrogen-bond donors (Lipinski definition) is 1. The van der Waals surface area contributed by atoms with Crippen molar-refractivity contribution in [1.82, 2.24) is 25.1 Å². The van der Waals surface area contributed by atoms with E-state index in [0.29, 0.717) is 46.7 Å². The Morgan fingerprint density at radius 1 is 0.939 bits per heavy atom. The van der Waals surface area contributed by atoms with E-state index in [1.807, 2.05) is 30.3 Å². The highest BCUT2D eigenvalue weighted by atomic mass is 16.5. The fourth-order valence-corrected chi connectivity index (χ4v) is 3.06. The topological polar surface area (TPSA) is 109 Å². The summed E-state index contributed by atoms with van der Waals surface area (Å²) < 4.78 is 23.4. The summed E-state index contributed by atoms with van der Waals surface area (Å²) in [6.07, 6.45) is 0. The van der Waals surface area contributed by atoms with E-state index in [-0.39, 0.29) is 19.1 Å². The summed E-state index contributed by atoms with van der Waals surface area (Å²) >= 11 is 0. The molecule has 0 bridgehead atoms. The van der Waals surface area contributed by atoms with Gasteiger partial charge in [-0.3, -0.25) is 4.79 Å². The van der Waals surface area contributed by atoms with Crippen LogP contribution < -0.4 is 24.3 Å². The second-order valence-electron chi connectivity index (χ2n) is 6.83. The van der Waals surface area contributed by atoms with E-state index >= 15 is 0 Å². The molecule has 0 aliphatic rings.